The Labute approximate surface area is 135 Å². The lowest BCUT2D eigenvalue weighted by atomic mass is 10.2. The molecule has 0 radical (unpaired) electrons. The first-order valence-electron chi connectivity index (χ1n) is 6.81. The van der Waals surface area contributed by atoms with E-state index in [9.17, 15) is 13.2 Å². The Bertz CT molecular complexity index is 570. The average molecular weight is 346 g/mol. The molecule has 1 aromatic rings. The summed E-state index contributed by atoms with van der Waals surface area (Å²) in [6.45, 7) is 1.35. The number of hydrogen-bond acceptors (Lipinski definition) is 6. The van der Waals surface area contributed by atoms with E-state index in [1.54, 1.807) is 0 Å². The number of aliphatic carboxylic acids is 1. The fourth-order valence-corrected chi connectivity index (χ4v) is 2.34. The van der Waals surface area contributed by atoms with Crippen LogP contribution in [0.1, 0.15) is 12.5 Å². The highest BCUT2D eigenvalue weighted by atomic mass is 32.2. The van der Waals surface area contributed by atoms with Gasteiger partial charge in [-0.15, -0.1) is 0 Å². The quantitative estimate of drug-likeness (QED) is 0.649. The molecule has 0 saturated carbocycles. The van der Waals surface area contributed by atoms with Crippen LogP contribution in [-0.4, -0.2) is 50.2 Å². The Morgan fingerprint density at radius 2 is 1.78 bits per heavy atom. The van der Waals surface area contributed by atoms with E-state index in [4.69, 9.17) is 20.4 Å². The summed E-state index contributed by atoms with van der Waals surface area (Å²) in [7, 11) is -3.19. The monoisotopic (exact) mass is 346 g/mol. The van der Waals surface area contributed by atoms with Gasteiger partial charge in [-0.05, 0) is 5.56 Å². The predicted molar refractivity (Wildman–Crippen MR) is 85.6 cm³/mol. The number of nitrogens with two attached hydrogens (primary N) is 1. The third-order valence-corrected chi connectivity index (χ3v) is 4.01. The first kappa shape index (κ1) is 20.9. The largest absolute Gasteiger partial charge is 0.481 e. The number of sulfone groups is 1. The van der Waals surface area contributed by atoms with Gasteiger partial charge in [-0.25, -0.2) is 13.2 Å². The number of nitrogens with one attached hydrogen (secondary N) is 1. The molecule has 0 aliphatic rings. The fourth-order valence-electron chi connectivity index (χ4n) is 1.36. The van der Waals surface area contributed by atoms with Gasteiger partial charge in [0.05, 0.1) is 11.5 Å². The summed E-state index contributed by atoms with van der Waals surface area (Å²) in [5.74, 6) is -1.04. The van der Waals surface area contributed by atoms with E-state index in [1.165, 1.54) is 0 Å². The van der Waals surface area contributed by atoms with Crippen LogP contribution in [0.25, 0.3) is 0 Å². The first-order chi connectivity index (χ1) is 10.8. The molecule has 8 nitrogen and oxygen atoms in total. The zero-order valence-electron chi connectivity index (χ0n) is 12.9. The smallest absolute Gasteiger partial charge is 0.407 e. The van der Waals surface area contributed by atoms with Gasteiger partial charge in [0, 0.05) is 20.0 Å². The van der Waals surface area contributed by atoms with Gasteiger partial charge < -0.3 is 20.9 Å². The topological polar surface area (TPSA) is 136 Å². The highest BCUT2D eigenvalue weighted by Crippen LogP contribution is 2.00. The minimum atomic E-state index is -3.19. The molecular weight excluding hydrogens is 324 g/mol. The van der Waals surface area contributed by atoms with Gasteiger partial charge in [-0.3, -0.25) is 4.79 Å². The SMILES string of the molecule is CC(=O)O.NCCS(=O)(=O)CCNC(=O)OCc1ccccc1. The van der Waals surface area contributed by atoms with E-state index in [0.717, 1.165) is 12.5 Å². The summed E-state index contributed by atoms with van der Waals surface area (Å²) in [5, 5.41) is 9.80. The van der Waals surface area contributed by atoms with Crippen molar-refractivity contribution in [1.29, 1.82) is 0 Å². The van der Waals surface area contributed by atoms with E-state index >= 15 is 0 Å². The highest BCUT2D eigenvalue weighted by Gasteiger charge is 2.10. The minimum absolute atomic E-state index is 0.0238. The maximum Gasteiger partial charge on any atom is 0.407 e. The number of benzene rings is 1. The second-order valence-electron chi connectivity index (χ2n) is 4.45. The Hall–Kier alpha value is -2.13. The average Bonchev–Trinajstić information content (AvgIpc) is 2.45. The Morgan fingerprint density at radius 1 is 1.22 bits per heavy atom. The summed E-state index contributed by atoms with van der Waals surface area (Å²) in [5.41, 5.74) is 6.04. The van der Waals surface area contributed by atoms with E-state index < -0.39 is 21.9 Å². The molecule has 0 bridgehead atoms. The van der Waals surface area contributed by atoms with Crippen molar-refractivity contribution >= 4 is 21.9 Å². The van der Waals surface area contributed by atoms with E-state index in [1.807, 2.05) is 30.3 Å². The molecule has 1 aromatic carbocycles. The molecule has 130 valence electrons. The first-order valence-corrected chi connectivity index (χ1v) is 8.63. The number of rotatable bonds is 7. The maximum absolute atomic E-state index is 11.3. The second-order valence-corrected chi connectivity index (χ2v) is 6.75. The van der Waals surface area contributed by atoms with Crippen LogP contribution < -0.4 is 11.1 Å². The lowest BCUT2D eigenvalue weighted by molar-refractivity contribution is -0.134. The van der Waals surface area contributed by atoms with Crippen molar-refractivity contribution in [1.82, 2.24) is 5.32 Å². The minimum Gasteiger partial charge on any atom is -0.481 e. The molecule has 0 aromatic heterocycles. The van der Waals surface area contributed by atoms with Crippen molar-refractivity contribution in [2.75, 3.05) is 24.6 Å². The maximum atomic E-state index is 11.3. The Balaban J connectivity index is 0.00000108. The zero-order valence-corrected chi connectivity index (χ0v) is 13.7. The third-order valence-electron chi connectivity index (χ3n) is 2.32. The molecule has 0 saturated heterocycles. The number of carboxylic acids is 1. The van der Waals surface area contributed by atoms with Crippen LogP contribution in [0.3, 0.4) is 0 Å². The Kier molecular flexibility index (Phi) is 10.4. The number of hydrogen-bond donors (Lipinski definition) is 3. The van der Waals surface area contributed by atoms with Gasteiger partial charge in [-0.2, -0.15) is 0 Å². The third kappa shape index (κ3) is 13.3. The lowest BCUT2D eigenvalue weighted by Gasteiger charge is -2.07. The molecule has 0 fully saturated rings. The Morgan fingerprint density at radius 3 is 2.30 bits per heavy atom. The molecule has 0 atom stereocenters. The van der Waals surface area contributed by atoms with Crippen molar-refractivity contribution in [3.8, 4) is 0 Å². The molecule has 1 amide bonds. The molecule has 23 heavy (non-hydrogen) atoms. The molecule has 9 heteroatoms. The van der Waals surface area contributed by atoms with Crippen LogP contribution in [-0.2, 0) is 26.0 Å². The molecule has 1 rings (SSSR count). The second kappa shape index (κ2) is 11.4. The molecule has 0 aliphatic carbocycles. The molecule has 0 aliphatic heterocycles. The normalized spacial score (nSPS) is 10.2. The number of carbonyl (C=O) groups is 2. The molecule has 0 heterocycles. The van der Waals surface area contributed by atoms with Gasteiger partial charge in [-0.1, -0.05) is 30.3 Å². The summed E-state index contributed by atoms with van der Waals surface area (Å²) in [6.07, 6.45) is -0.633. The van der Waals surface area contributed by atoms with Gasteiger partial charge in [0.2, 0.25) is 0 Å². The van der Waals surface area contributed by atoms with Gasteiger partial charge in [0.15, 0.2) is 9.84 Å². The fraction of sp³-hybridized carbons (Fsp3) is 0.429. The van der Waals surface area contributed by atoms with E-state index in [-0.39, 0.29) is 31.2 Å². The van der Waals surface area contributed by atoms with Crippen molar-refractivity contribution in [3.63, 3.8) is 0 Å². The molecule has 0 unspecified atom stereocenters. The van der Waals surface area contributed by atoms with Crippen molar-refractivity contribution in [2.24, 2.45) is 5.73 Å². The van der Waals surface area contributed by atoms with Crippen LogP contribution in [0, 0.1) is 0 Å². The molecule has 0 spiro atoms. The van der Waals surface area contributed by atoms with Gasteiger partial charge in [0.1, 0.15) is 6.61 Å². The summed E-state index contributed by atoms with van der Waals surface area (Å²) in [4.78, 5) is 20.3. The number of amides is 1. The zero-order chi connectivity index (χ0) is 17.7. The van der Waals surface area contributed by atoms with Crippen LogP contribution >= 0.6 is 0 Å². The number of carbonyl (C=O) groups excluding carboxylic acids is 1. The number of alkyl carbamates (subject to hydrolysis) is 1. The summed E-state index contributed by atoms with van der Waals surface area (Å²) in [6, 6.07) is 9.22. The molecule has 4 N–H and O–H groups in total. The van der Waals surface area contributed by atoms with Crippen LogP contribution in [0.2, 0.25) is 0 Å². The van der Waals surface area contributed by atoms with Crippen LogP contribution in [0.4, 0.5) is 4.79 Å². The summed E-state index contributed by atoms with van der Waals surface area (Å²) < 4.78 is 27.6. The van der Waals surface area contributed by atoms with Gasteiger partial charge >= 0.3 is 6.09 Å². The predicted octanol–water partition coefficient (Wildman–Crippen LogP) is 0.377. The number of carboxylic acid groups (broad SMARTS) is 1. The van der Waals surface area contributed by atoms with Crippen molar-refractivity contribution in [3.05, 3.63) is 35.9 Å². The van der Waals surface area contributed by atoms with Crippen LogP contribution in [0.15, 0.2) is 30.3 Å². The van der Waals surface area contributed by atoms with Crippen molar-refractivity contribution in [2.45, 2.75) is 13.5 Å². The van der Waals surface area contributed by atoms with Crippen molar-refractivity contribution < 1.29 is 27.9 Å². The van der Waals surface area contributed by atoms with E-state index in [2.05, 4.69) is 5.32 Å². The van der Waals surface area contributed by atoms with Gasteiger partial charge in [0.25, 0.3) is 5.97 Å². The number of ether oxygens (including phenoxy) is 1. The molecular formula is C14H22N2O6S. The summed E-state index contributed by atoms with van der Waals surface area (Å²) >= 11 is 0. The van der Waals surface area contributed by atoms with E-state index in [0.29, 0.717) is 0 Å². The highest BCUT2D eigenvalue weighted by molar-refractivity contribution is 7.91. The lowest BCUT2D eigenvalue weighted by Crippen LogP contribution is -2.31. The standard InChI is InChI=1S/C12H18N2O4S.C2H4O2/c13-6-8-19(16,17)9-7-14-12(15)18-10-11-4-2-1-3-5-11;1-2(3)4/h1-5H,6-10,13H2,(H,14,15);1H3,(H,3,4). The van der Waals surface area contributed by atoms with Crippen LogP contribution in [0.5, 0.6) is 0 Å².